The summed E-state index contributed by atoms with van der Waals surface area (Å²) in [4.78, 5) is 0. The summed E-state index contributed by atoms with van der Waals surface area (Å²) in [5.74, 6) is 0. The molecule has 4 rings (SSSR count). The molecular weight excluding hydrogens is 372 g/mol. The van der Waals surface area contributed by atoms with Crippen molar-refractivity contribution in [3.05, 3.63) is 75.7 Å². The van der Waals surface area contributed by atoms with Crippen LogP contribution in [0.15, 0.2) is 64.6 Å². The molecule has 0 saturated heterocycles. The van der Waals surface area contributed by atoms with E-state index in [4.69, 9.17) is 10.2 Å². The second kappa shape index (κ2) is 10.2. The van der Waals surface area contributed by atoms with E-state index in [1.807, 2.05) is 0 Å². The topological polar surface area (TPSA) is 46.1 Å². The van der Waals surface area contributed by atoms with Crippen molar-refractivity contribution in [1.82, 2.24) is 0 Å². The average molecular weight is 399 g/mol. The first-order valence-electron chi connectivity index (χ1n) is 9.01. The van der Waals surface area contributed by atoms with E-state index in [0.29, 0.717) is 0 Å². The summed E-state index contributed by atoms with van der Waals surface area (Å²) in [6, 6.07) is 16.1. The van der Waals surface area contributed by atoms with E-state index in [-0.39, 0.29) is 0 Å². The normalized spacial score (nSPS) is 13.1. The molecule has 0 aliphatic heterocycles. The Morgan fingerprint density at radius 2 is 1.58 bits per heavy atom. The summed E-state index contributed by atoms with van der Waals surface area (Å²) in [5, 5.41) is 16.5. The van der Waals surface area contributed by atoms with Crippen molar-refractivity contribution in [2.75, 3.05) is 14.2 Å². The molecule has 26 heavy (non-hydrogen) atoms. The van der Waals surface area contributed by atoms with Crippen LogP contribution in [0.3, 0.4) is 0 Å². The zero-order valence-corrected chi connectivity index (χ0v) is 18.8. The first kappa shape index (κ1) is 21.1. The summed E-state index contributed by atoms with van der Waals surface area (Å²) < 4.78 is 3.57. The van der Waals surface area contributed by atoms with Gasteiger partial charge in [-0.3, -0.25) is 0 Å². The van der Waals surface area contributed by atoms with Gasteiger partial charge >= 0.3 is 140 Å². The summed E-state index contributed by atoms with van der Waals surface area (Å²) in [6.45, 7) is 4.49. The van der Waals surface area contributed by atoms with E-state index in [0.717, 1.165) is 20.6 Å². The standard InChI is InChI=1S/C13H9.C5H5.C2H7Si.2CH3O.Ti/c1-3-7-12-10(5-1)9-11-6-2-4-8-13(11)12;1-2-4-5-3-1;1-3-2;2*1-2;/h1-5,7-8H,9H2;1-3H,4H2;3H,1-2H3;2*1H3;/q;;;2*-1;+2. The van der Waals surface area contributed by atoms with Crippen molar-refractivity contribution in [2.45, 2.75) is 25.9 Å². The number of hydrogen-bond acceptors (Lipinski definition) is 2. The van der Waals surface area contributed by atoms with Gasteiger partial charge in [0.25, 0.3) is 0 Å². The van der Waals surface area contributed by atoms with E-state index in [1.165, 1.54) is 23.1 Å². The number of rotatable bonds is 3. The molecule has 2 aliphatic rings. The van der Waals surface area contributed by atoms with Crippen molar-refractivity contribution >= 4 is 10.5 Å². The second-order valence-corrected chi connectivity index (χ2v) is 19.8. The molecule has 2 aromatic rings. The SMILES string of the molecule is C[O-].C[O-].C[SiH](C)[Ti+2]([C]1=CC=CC1)[c]1cccc2c1Cc1ccccc1-2. The zero-order valence-electron chi connectivity index (χ0n) is 16.1. The molecule has 0 saturated carbocycles. The molecule has 0 bridgehead atoms. The maximum absolute atomic E-state index is 8.25. The van der Waals surface area contributed by atoms with Gasteiger partial charge in [0.1, 0.15) is 0 Å². The Bertz CT molecular complexity index is 796. The maximum atomic E-state index is 8.25. The Balaban J connectivity index is 0.000000570. The Hall–Kier alpha value is -1.23. The van der Waals surface area contributed by atoms with Crippen LogP contribution in [0.25, 0.3) is 11.1 Å². The molecule has 0 fully saturated rings. The molecule has 2 nitrogen and oxygen atoms in total. The molecule has 2 aromatic carbocycles. The predicted octanol–water partition coefficient (Wildman–Crippen LogP) is 2.28. The monoisotopic (exact) mass is 399 g/mol. The number of hydrogen-bond donors (Lipinski definition) is 0. The van der Waals surface area contributed by atoms with E-state index >= 15 is 0 Å². The van der Waals surface area contributed by atoms with Crippen LogP contribution in [-0.2, 0) is 23.5 Å². The third kappa shape index (κ3) is 4.19. The van der Waals surface area contributed by atoms with Crippen LogP contribution in [0.4, 0.5) is 0 Å². The molecule has 0 radical (unpaired) electrons. The zero-order chi connectivity index (χ0) is 19.1. The van der Waals surface area contributed by atoms with Gasteiger partial charge in [-0.2, -0.15) is 14.2 Å². The van der Waals surface area contributed by atoms with Gasteiger partial charge in [0.05, 0.1) is 0 Å². The first-order chi connectivity index (χ1) is 12.8. The van der Waals surface area contributed by atoms with Crippen LogP contribution in [-0.4, -0.2) is 20.9 Å². The van der Waals surface area contributed by atoms with Gasteiger partial charge in [-0.1, -0.05) is 0 Å². The van der Waals surface area contributed by atoms with Crippen LogP contribution in [0, 0.1) is 0 Å². The summed E-state index contributed by atoms with van der Waals surface area (Å²) in [6.07, 6.45) is 9.43. The van der Waals surface area contributed by atoms with Crippen molar-refractivity contribution < 1.29 is 27.3 Å². The van der Waals surface area contributed by atoms with E-state index in [1.54, 1.807) is 13.3 Å². The molecule has 0 heterocycles. The van der Waals surface area contributed by atoms with Crippen molar-refractivity contribution in [3.63, 3.8) is 0 Å². The van der Waals surface area contributed by atoms with Gasteiger partial charge in [-0.25, -0.2) is 0 Å². The van der Waals surface area contributed by atoms with Crippen LogP contribution in [0.5, 0.6) is 0 Å². The molecule has 0 atom stereocenters. The fraction of sp³-hybridized carbons (Fsp3) is 0.273. The molecule has 0 amide bonds. The first-order valence-corrected chi connectivity index (χ1v) is 16.2. The van der Waals surface area contributed by atoms with Crippen molar-refractivity contribution in [3.8, 4) is 11.1 Å². The third-order valence-corrected chi connectivity index (χ3v) is 17.5. The van der Waals surface area contributed by atoms with Crippen LogP contribution < -0.4 is 14.1 Å². The Labute approximate surface area is 164 Å². The van der Waals surface area contributed by atoms with Crippen molar-refractivity contribution in [2.24, 2.45) is 0 Å². The van der Waals surface area contributed by atoms with Gasteiger partial charge in [-0.15, -0.1) is 0 Å². The van der Waals surface area contributed by atoms with Gasteiger partial charge < -0.3 is 10.2 Å². The fourth-order valence-corrected chi connectivity index (χ4v) is 16.4. The molecule has 0 N–H and O–H groups in total. The minimum absolute atomic E-state index is 0.639. The quantitative estimate of drug-likeness (QED) is 0.635. The minimum atomic E-state index is -1.28. The van der Waals surface area contributed by atoms with Crippen LogP contribution in [0.2, 0.25) is 13.1 Å². The third-order valence-electron chi connectivity index (χ3n) is 4.84. The van der Waals surface area contributed by atoms with E-state index < -0.39 is 23.8 Å². The van der Waals surface area contributed by atoms with Gasteiger partial charge in [0.2, 0.25) is 0 Å². The Morgan fingerprint density at radius 1 is 0.885 bits per heavy atom. The summed E-state index contributed by atoms with van der Waals surface area (Å²) in [7, 11) is 1.50. The molecule has 4 heteroatoms. The Morgan fingerprint density at radius 3 is 2.23 bits per heavy atom. The summed E-state index contributed by atoms with van der Waals surface area (Å²) in [5.41, 5.74) is 6.17. The molecule has 0 aromatic heterocycles. The van der Waals surface area contributed by atoms with E-state index in [2.05, 4.69) is 73.8 Å². The van der Waals surface area contributed by atoms with Gasteiger partial charge in [-0.05, 0) is 0 Å². The molecular formula is C22H27O2SiTi. The van der Waals surface area contributed by atoms with Gasteiger partial charge in [0.15, 0.2) is 0 Å². The van der Waals surface area contributed by atoms with Gasteiger partial charge in [0, 0.05) is 0 Å². The van der Waals surface area contributed by atoms with E-state index in [9.17, 15) is 0 Å². The molecule has 0 unspecified atom stereocenters. The molecule has 135 valence electrons. The van der Waals surface area contributed by atoms with Crippen LogP contribution in [0.1, 0.15) is 17.5 Å². The van der Waals surface area contributed by atoms with Crippen LogP contribution >= 0.6 is 0 Å². The van der Waals surface area contributed by atoms with Crippen molar-refractivity contribution in [1.29, 1.82) is 0 Å². The number of benzene rings is 2. The molecule has 2 aliphatic carbocycles. The second-order valence-electron chi connectivity index (χ2n) is 6.56. The molecule has 0 spiro atoms. The predicted molar refractivity (Wildman–Crippen MR) is 107 cm³/mol. The number of allylic oxidation sites excluding steroid dienone is 4. The average Bonchev–Trinajstić information content (AvgIpc) is 3.33. The summed E-state index contributed by atoms with van der Waals surface area (Å²) >= 11 is -1.28. The number of fused-ring (bicyclic) bond motifs is 3. The Kier molecular flexibility index (Phi) is 8.26. The fourth-order valence-electron chi connectivity index (χ4n) is 3.91.